The van der Waals surface area contributed by atoms with Gasteiger partial charge in [0.2, 0.25) is 0 Å². The first kappa shape index (κ1) is 15.2. The van der Waals surface area contributed by atoms with Crippen LogP contribution in [-0.2, 0) is 9.31 Å². The monoisotopic (exact) mass is 299 g/mol. The zero-order valence-corrected chi connectivity index (χ0v) is 13.8. The van der Waals surface area contributed by atoms with Gasteiger partial charge in [0.05, 0.1) is 17.2 Å². The van der Waals surface area contributed by atoms with E-state index in [0.717, 1.165) is 11.0 Å². The minimum absolute atomic E-state index is 0.116. The zero-order valence-electron chi connectivity index (χ0n) is 13.8. The molecule has 2 aromatic heterocycles. The molecule has 5 nitrogen and oxygen atoms in total. The maximum Gasteiger partial charge on any atom is 0.498 e. The van der Waals surface area contributed by atoms with Crippen molar-refractivity contribution < 1.29 is 9.31 Å². The lowest BCUT2D eigenvalue weighted by molar-refractivity contribution is 0.00578. The molecule has 1 atom stereocenters. The maximum atomic E-state index is 6.06. The fourth-order valence-electron chi connectivity index (χ4n) is 2.44. The highest BCUT2D eigenvalue weighted by atomic mass is 16.7. The van der Waals surface area contributed by atoms with Gasteiger partial charge in [0.25, 0.3) is 0 Å². The molecule has 1 unspecified atom stereocenters. The number of nitrogens with zero attached hydrogens (tertiary/aromatic N) is 3. The van der Waals surface area contributed by atoms with Gasteiger partial charge in [0.15, 0.2) is 0 Å². The van der Waals surface area contributed by atoms with E-state index in [9.17, 15) is 0 Å². The molecule has 6 heteroatoms. The summed E-state index contributed by atoms with van der Waals surface area (Å²) in [5, 5.41) is 4.46. The molecule has 3 heterocycles. The number of rotatable bonds is 3. The Kier molecular flexibility index (Phi) is 3.61. The minimum Gasteiger partial charge on any atom is -0.399 e. The largest absolute Gasteiger partial charge is 0.498 e. The summed E-state index contributed by atoms with van der Waals surface area (Å²) in [6.07, 6.45) is 7.44. The summed E-state index contributed by atoms with van der Waals surface area (Å²) in [7, 11) is -0.375. The Labute approximate surface area is 131 Å². The van der Waals surface area contributed by atoms with E-state index >= 15 is 0 Å². The third-order valence-corrected chi connectivity index (χ3v) is 4.71. The predicted molar refractivity (Wildman–Crippen MR) is 86.0 cm³/mol. The molecule has 0 amide bonds. The Morgan fingerprint density at radius 2 is 1.82 bits per heavy atom. The zero-order chi connectivity index (χ0) is 16.0. The summed E-state index contributed by atoms with van der Waals surface area (Å²) in [6.45, 7) is 10.3. The first-order valence-corrected chi connectivity index (χ1v) is 7.60. The van der Waals surface area contributed by atoms with Crippen LogP contribution in [0.25, 0.3) is 0 Å². The molecule has 1 fully saturated rings. The Balaban J connectivity index is 1.81. The van der Waals surface area contributed by atoms with Crippen LogP contribution in [0.4, 0.5) is 0 Å². The summed E-state index contributed by atoms with van der Waals surface area (Å²) < 4.78 is 14.0. The van der Waals surface area contributed by atoms with Crippen LogP contribution in [0.5, 0.6) is 0 Å². The fourth-order valence-corrected chi connectivity index (χ4v) is 2.44. The van der Waals surface area contributed by atoms with E-state index in [-0.39, 0.29) is 24.4 Å². The van der Waals surface area contributed by atoms with Crippen LogP contribution in [-0.4, -0.2) is 33.1 Å². The van der Waals surface area contributed by atoms with E-state index in [1.807, 2.05) is 35.4 Å². The van der Waals surface area contributed by atoms with E-state index in [1.54, 1.807) is 6.20 Å². The van der Waals surface area contributed by atoms with Crippen molar-refractivity contribution in [2.24, 2.45) is 0 Å². The molecule has 0 N–H and O–H groups in total. The van der Waals surface area contributed by atoms with Crippen molar-refractivity contribution in [1.29, 1.82) is 0 Å². The summed E-state index contributed by atoms with van der Waals surface area (Å²) in [5.41, 5.74) is 1.38. The maximum absolute atomic E-state index is 6.06. The van der Waals surface area contributed by atoms with Gasteiger partial charge >= 0.3 is 7.12 Å². The van der Waals surface area contributed by atoms with Gasteiger partial charge in [-0.3, -0.25) is 9.67 Å². The molecule has 0 aromatic carbocycles. The lowest BCUT2D eigenvalue weighted by atomic mass is 9.82. The fraction of sp³-hybridized carbons (Fsp3) is 0.500. The van der Waals surface area contributed by atoms with Crippen molar-refractivity contribution in [3.05, 3.63) is 42.5 Å². The summed E-state index contributed by atoms with van der Waals surface area (Å²) in [4.78, 5) is 4.16. The molecular formula is C16H22BN3O2. The molecule has 0 radical (unpaired) electrons. The van der Waals surface area contributed by atoms with Crippen LogP contribution in [0.1, 0.15) is 46.2 Å². The van der Waals surface area contributed by atoms with Gasteiger partial charge in [-0.25, -0.2) is 0 Å². The van der Waals surface area contributed by atoms with Gasteiger partial charge in [-0.05, 0) is 46.2 Å². The van der Waals surface area contributed by atoms with Gasteiger partial charge in [-0.2, -0.15) is 5.10 Å². The lowest BCUT2D eigenvalue weighted by Crippen LogP contribution is -2.41. The van der Waals surface area contributed by atoms with Crippen LogP contribution < -0.4 is 5.46 Å². The van der Waals surface area contributed by atoms with Gasteiger partial charge < -0.3 is 9.31 Å². The lowest BCUT2D eigenvalue weighted by Gasteiger charge is -2.32. The number of aromatic nitrogens is 3. The molecule has 116 valence electrons. The van der Waals surface area contributed by atoms with Gasteiger partial charge in [0.1, 0.15) is 0 Å². The van der Waals surface area contributed by atoms with Gasteiger partial charge in [-0.1, -0.05) is 6.07 Å². The Bertz CT molecular complexity index is 638. The topological polar surface area (TPSA) is 49.2 Å². The number of hydrogen-bond acceptors (Lipinski definition) is 4. The molecule has 2 aromatic rings. The van der Waals surface area contributed by atoms with Crippen molar-refractivity contribution in [1.82, 2.24) is 14.8 Å². The predicted octanol–water partition coefficient (Wildman–Crippen LogP) is 2.19. The third-order valence-electron chi connectivity index (χ3n) is 4.71. The van der Waals surface area contributed by atoms with Crippen molar-refractivity contribution in [2.75, 3.05) is 0 Å². The summed E-state index contributed by atoms with van der Waals surface area (Å²) in [5.74, 6) is 0. The standard InChI is InChI=1S/C16H22BN3O2/c1-12(13-7-6-8-18-9-13)20-11-14(10-19-20)17-21-15(2,3)16(4,5)22-17/h6-12H,1-5H3. The Morgan fingerprint density at radius 1 is 1.14 bits per heavy atom. The highest BCUT2D eigenvalue weighted by Crippen LogP contribution is 2.36. The van der Waals surface area contributed by atoms with Crippen molar-refractivity contribution in [2.45, 2.75) is 51.9 Å². The molecule has 1 aliphatic heterocycles. The second-order valence-electron chi connectivity index (χ2n) is 6.80. The summed E-state index contributed by atoms with van der Waals surface area (Å²) in [6, 6.07) is 4.10. The van der Waals surface area contributed by atoms with Crippen molar-refractivity contribution in [3.8, 4) is 0 Å². The van der Waals surface area contributed by atoms with Crippen LogP contribution >= 0.6 is 0 Å². The second-order valence-corrected chi connectivity index (χ2v) is 6.80. The van der Waals surface area contributed by atoms with Gasteiger partial charge in [-0.15, -0.1) is 0 Å². The highest BCUT2D eigenvalue weighted by Gasteiger charge is 2.52. The highest BCUT2D eigenvalue weighted by molar-refractivity contribution is 6.62. The second kappa shape index (κ2) is 5.21. The average molecular weight is 299 g/mol. The third kappa shape index (κ3) is 2.57. The molecule has 1 saturated heterocycles. The molecule has 0 spiro atoms. The van der Waals surface area contributed by atoms with Crippen LogP contribution in [0.15, 0.2) is 36.9 Å². The van der Waals surface area contributed by atoms with E-state index in [0.29, 0.717) is 0 Å². The molecule has 22 heavy (non-hydrogen) atoms. The van der Waals surface area contributed by atoms with Crippen LogP contribution in [0.2, 0.25) is 0 Å². The molecule has 0 aliphatic carbocycles. The molecule has 3 rings (SSSR count). The molecule has 1 aliphatic rings. The minimum atomic E-state index is -0.375. The Morgan fingerprint density at radius 3 is 2.41 bits per heavy atom. The molecular weight excluding hydrogens is 277 g/mol. The van der Waals surface area contributed by atoms with Crippen molar-refractivity contribution >= 4 is 12.6 Å². The van der Waals surface area contributed by atoms with E-state index in [4.69, 9.17) is 9.31 Å². The SMILES string of the molecule is CC(c1cccnc1)n1cc(B2OC(C)(C)C(C)(C)O2)cn1. The number of hydrogen-bond donors (Lipinski definition) is 0. The first-order valence-electron chi connectivity index (χ1n) is 7.60. The van der Waals surface area contributed by atoms with E-state index in [1.165, 1.54) is 0 Å². The normalized spacial score (nSPS) is 21.0. The smallest absolute Gasteiger partial charge is 0.399 e. The number of pyridine rings is 1. The first-order chi connectivity index (χ1) is 10.3. The Hall–Kier alpha value is -1.66. The van der Waals surface area contributed by atoms with Gasteiger partial charge in [0, 0.05) is 30.3 Å². The van der Waals surface area contributed by atoms with E-state index in [2.05, 4.69) is 44.7 Å². The quantitative estimate of drug-likeness (QED) is 0.815. The van der Waals surface area contributed by atoms with Crippen LogP contribution in [0.3, 0.4) is 0 Å². The van der Waals surface area contributed by atoms with Crippen LogP contribution in [0, 0.1) is 0 Å². The summed E-state index contributed by atoms with van der Waals surface area (Å²) >= 11 is 0. The average Bonchev–Trinajstić information content (AvgIpc) is 3.03. The molecule has 0 saturated carbocycles. The van der Waals surface area contributed by atoms with E-state index < -0.39 is 0 Å². The molecule has 0 bridgehead atoms. The van der Waals surface area contributed by atoms with Crippen molar-refractivity contribution in [3.63, 3.8) is 0 Å².